The van der Waals surface area contributed by atoms with Gasteiger partial charge in [0.15, 0.2) is 5.11 Å². The third-order valence-corrected chi connectivity index (χ3v) is 5.72. The van der Waals surface area contributed by atoms with Crippen molar-refractivity contribution in [2.45, 2.75) is 18.6 Å². The molecule has 1 saturated heterocycles. The molecule has 2 aromatic heterocycles. The van der Waals surface area contributed by atoms with Gasteiger partial charge < -0.3 is 14.6 Å². The van der Waals surface area contributed by atoms with Crippen LogP contribution in [0.15, 0.2) is 102 Å². The van der Waals surface area contributed by atoms with Crippen LogP contribution < -0.4 is 5.32 Å². The number of hydrogen-bond donors (Lipinski definition) is 1. The van der Waals surface area contributed by atoms with E-state index in [2.05, 4.69) is 45.5 Å². The van der Waals surface area contributed by atoms with Crippen LogP contribution in [0.5, 0.6) is 0 Å². The molecular weight excluding hydrogens is 390 g/mol. The van der Waals surface area contributed by atoms with Crippen molar-refractivity contribution in [2.24, 2.45) is 0 Å². The first-order valence-electron chi connectivity index (χ1n) is 9.97. The molecule has 0 bridgehead atoms. The summed E-state index contributed by atoms with van der Waals surface area (Å²) in [6.45, 7) is 0.696. The Bertz CT molecular complexity index is 1130. The highest BCUT2D eigenvalue weighted by molar-refractivity contribution is 7.80. The van der Waals surface area contributed by atoms with E-state index < -0.39 is 0 Å². The summed E-state index contributed by atoms with van der Waals surface area (Å²) in [5, 5.41) is 4.18. The zero-order valence-electron chi connectivity index (χ0n) is 16.3. The second-order valence-electron chi connectivity index (χ2n) is 7.31. The number of aromatic nitrogens is 1. The first-order valence-corrected chi connectivity index (χ1v) is 10.4. The zero-order valence-corrected chi connectivity index (χ0v) is 17.1. The molecule has 4 nitrogen and oxygen atoms in total. The van der Waals surface area contributed by atoms with Crippen LogP contribution in [-0.4, -0.2) is 15.0 Å². The molecule has 30 heavy (non-hydrogen) atoms. The third-order valence-electron chi connectivity index (χ3n) is 5.37. The Morgan fingerprint density at radius 2 is 1.60 bits per heavy atom. The van der Waals surface area contributed by atoms with Crippen molar-refractivity contribution in [3.63, 3.8) is 0 Å². The molecule has 0 unspecified atom stereocenters. The van der Waals surface area contributed by atoms with Gasteiger partial charge in [0.2, 0.25) is 0 Å². The Morgan fingerprint density at radius 3 is 2.33 bits per heavy atom. The third kappa shape index (κ3) is 3.60. The maximum Gasteiger partial charge on any atom is 0.170 e. The summed E-state index contributed by atoms with van der Waals surface area (Å²) in [5.74, 6) is 1.72. The average Bonchev–Trinajstić information content (AvgIpc) is 3.41. The molecule has 5 rings (SSSR count). The Labute approximate surface area is 181 Å². The summed E-state index contributed by atoms with van der Waals surface area (Å²) in [4.78, 5) is 6.78. The lowest BCUT2D eigenvalue weighted by molar-refractivity contribution is 0.269. The number of nitrogens with one attached hydrogen (secondary N) is 1. The molecule has 1 aliphatic heterocycles. The molecule has 148 valence electrons. The van der Waals surface area contributed by atoms with Crippen molar-refractivity contribution in [3.8, 4) is 11.3 Å². The normalized spacial score (nSPS) is 18.4. The Balaban J connectivity index is 1.54. The predicted octanol–water partition coefficient (Wildman–Crippen LogP) is 5.51. The highest BCUT2D eigenvalue weighted by atomic mass is 32.1. The van der Waals surface area contributed by atoms with Crippen molar-refractivity contribution < 1.29 is 4.42 Å². The number of hydrogen-bond acceptors (Lipinski definition) is 3. The zero-order chi connectivity index (χ0) is 20.3. The molecule has 2 aromatic carbocycles. The van der Waals surface area contributed by atoms with Crippen molar-refractivity contribution in [3.05, 3.63) is 114 Å². The molecule has 0 saturated carbocycles. The second-order valence-corrected chi connectivity index (χ2v) is 7.69. The lowest BCUT2D eigenvalue weighted by Crippen LogP contribution is -2.29. The van der Waals surface area contributed by atoms with Gasteiger partial charge in [0.25, 0.3) is 0 Å². The van der Waals surface area contributed by atoms with E-state index in [0.717, 1.165) is 22.8 Å². The first-order chi connectivity index (χ1) is 14.8. The molecule has 1 fully saturated rings. The standard InChI is InChI=1S/C25H21N3OS/c30-25-27-23(20-13-7-8-16-26-20)24(28(25)17-18-9-3-1-4-10-18)22-15-14-21(29-22)19-11-5-2-6-12-19/h1-16,23-24H,17H2,(H,27,30)/t23-,24+/m0/s1. The summed E-state index contributed by atoms with van der Waals surface area (Å²) >= 11 is 5.74. The molecule has 0 spiro atoms. The topological polar surface area (TPSA) is 41.3 Å². The largest absolute Gasteiger partial charge is 0.459 e. The van der Waals surface area contributed by atoms with Crippen LogP contribution in [0.25, 0.3) is 11.3 Å². The fraction of sp³-hybridized carbons (Fsp3) is 0.120. The van der Waals surface area contributed by atoms with Crippen molar-refractivity contribution in [2.75, 3.05) is 0 Å². The molecule has 3 heterocycles. The Hall–Kier alpha value is -3.44. The van der Waals surface area contributed by atoms with Gasteiger partial charge in [-0.05, 0) is 42.0 Å². The van der Waals surface area contributed by atoms with Gasteiger partial charge in [0.1, 0.15) is 17.6 Å². The number of rotatable bonds is 5. The van der Waals surface area contributed by atoms with Crippen molar-refractivity contribution >= 4 is 17.3 Å². The highest BCUT2D eigenvalue weighted by Crippen LogP contribution is 2.41. The van der Waals surface area contributed by atoms with E-state index in [-0.39, 0.29) is 12.1 Å². The molecule has 0 aliphatic carbocycles. The molecule has 0 amide bonds. The van der Waals surface area contributed by atoms with Gasteiger partial charge in [0, 0.05) is 18.3 Å². The van der Waals surface area contributed by atoms with Gasteiger partial charge in [-0.15, -0.1) is 0 Å². The van der Waals surface area contributed by atoms with Crippen LogP contribution in [0.3, 0.4) is 0 Å². The van der Waals surface area contributed by atoms with Gasteiger partial charge in [-0.1, -0.05) is 66.7 Å². The maximum absolute atomic E-state index is 6.35. The smallest absolute Gasteiger partial charge is 0.170 e. The van der Waals surface area contributed by atoms with Crippen LogP contribution in [0, 0.1) is 0 Å². The minimum Gasteiger partial charge on any atom is -0.459 e. The summed E-state index contributed by atoms with van der Waals surface area (Å²) in [6.07, 6.45) is 1.81. The molecule has 1 N–H and O–H groups in total. The van der Waals surface area contributed by atoms with E-state index >= 15 is 0 Å². The van der Waals surface area contributed by atoms with Crippen LogP contribution in [0.4, 0.5) is 0 Å². The maximum atomic E-state index is 6.35. The van der Waals surface area contributed by atoms with Gasteiger partial charge in [0.05, 0.1) is 11.7 Å². The predicted molar refractivity (Wildman–Crippen MR) is 122 cm³/mol. The Kier molecular flexibility index (Phi) is 5.03. The lowest BCUT2D eigenvalue weighted by Gasteiger charge is -2.26. The molecule has 2 atom stereocenters. The molecule has 4 aromatic rings. The number of thiocarbonyl (C=S) groups is 1. The fourth-order valence-corrected chi connectivity index (χ4v) is 4.24. The van der Waals surface area contributed by atoms with Gasteiger partial charge in [-0.25, -0.2) is 0 Å². The van der Waals surface area contributed by atoms with Crippen LogP contribution in [0.1, 0.15) is 29.1 Å². The van der Waals surface area contributed by atoms with Crippen LogP contribution >= 0.6 is 12.2 Å². The minimum absolute atomic E-state index is 0.0859. The van der Waals surface area contributed by atoms with E-state index in [0.29, 0.717) is 11.7 Å². The second kappa shape index (κ2) is 8.13. The van der Waals surface area contributed by atoms with Gasteiger partial charge >= 0.3 is 0 Å². The Morgan fingerprint density at radius 1 is 0.867 bits per heavy atom. The molecule has 0 radical (unpaired) electrons. The summed E-state index contributed by atoms with van der Waals surface area (Å²) in [6, 6.07) is 30.4. The minimum atomic E-state index is -0.0925. The summed E-state index contributed by atoms with van der Waals surface area (Å²) < 4.78 is 6.35. The van der Waals surface area contributed by atoms with Crippen molar-refractivity contribution in [1.29, 1.82) is 0 Å². The number of pyridine rings is 1. The number of benzene rings is 2. The SMILES string of the molecule is S=C1N[C@@H](c2ccccn2)[C@@H](c2ccc(-c3ccccc3)o2)N1Cc1ccccc1. The van der Waals surface area contributed by atoms with Gasteiger partial charge in [-0.2, -0.15) is 0 Å². The summed E-state index contributed by atoms with van der Waals surface area (Å²) in [7, 11) is 0. The lowest BCUT2D eigenvalue weighted by atomic mass is 10.0. The van der Waals surface area contributed by atoms with E-state index in [1.807, 2.05) is 66.9 Å². The fourth-order valence-electron chi connectivity index (χ4n) is 3.93. The van der Waals surface area contributed by atoms with E-state index in [1.165, 1.54) is 5.56 Å². The monoisotopic (exact) mass is 411 g/mol. The van der Waals surface area contributed by atoms with Crippen molar-refractivity contribution in [1.82, 2.24) is 15.2 Å². The van der Waals surface area contributed by atoms with Gasteiger partial charge in [-0.3, -0.25) is 4.98 Å². The van der Waals surface area contributed by atoms with E-state index in [4.69, 9.17) is 16.6 Å². The van der Waals surface area contributed by atoms with Crippen LogP contribution in [0.2, 0.25) is 0 Å². The number of nitrogens with zero attached hydrogens (tertiary/aromatic N) is 2. The summed E-state index contributed by atoms with van der Waals surface area (Å²) in [5.41, 5.74) is 3.20. The first kappa shape index (κ1) is 18.6. The molecule has 5 heteroatoms. The number of furan rings is 1. The molecule has 1 aliphatic rings. The quantitative estimate of drug-likeness (QED) is 0.438. The average molecular weight is 412 g/mol. The van der Waals surface area contributed by atoms with E-state index in [9.17, 15) is 0 Å². The van der Waals surface area contributed by atoms with Crippen LogP contribution in [-0.2, 0) is 6.54 Å². The highest BCUT2D eigenvalue weighted by Gasteiger charge is 2.41. The molecular formula is C25H21N3OS. The van der Waals surface area contributed by atoms with E-state index in [1.54, 1.807) is 0 Å².